The number of carbonyl (C=O) groups excluding carboxylic acids is 3. The first-order chi connectivity index (χ1) is 10.5. The lowest BCUT2D eigenvalue weighted by atomic mass is 10.1. The molecule has 0 aromatic carbocycles. The Labute approximate surface area is 128 Å². The fraction of sp³-hybridized carbons (Fsp3) is 0.714. The van der Waals surface area contributed by atoms with Crippen LogP contribution in [0.4, 0.5) is 0 Å². The summed E-state index contributed by atoms with van der Waals surface area (Å²) in [6.07, 6.45) is 0.644. The number of carboxylic acids is 1. The molecule has 0 bridgehead atoms. The summed E-state index contributed by atoms with van der Waals surface area (Å²) in [6, 6.07) is -0.879. The van der Waals surface area contributed by atoms with E-state index in [2.05, 4.69) is 5.32 Å². The molecule has 2 amide bonds. The summed E-state index contributed by atoms with van der Waals surface area (Å²) in [4.78, 5) is 47.5. The monoisotopic (exact) mass is 314 g/mol. The van der Waals surface area contributed by atoms with Gasteiger partial charge in [-0.1, -0.05) is 6.92 Å². The second kappa shape index (κ2) is 9.01. The molecule has 22 heavy (non-hydrogen) atoms. The second-order valence-electron chi connectivity index (χ2n) is 5.07. The second-order valence-corrected chi connectivity index (χ2v) is 5.07. The van der Waals surface area contributed by atoms with Gasteiger partial charge in [0.2, 0.25) is 11.8 Å². The summed E-state index contributed by atoms with van der Waals surface area (Å²) in [6.45, 7) is 2.77. The van der Waals surface area contributed by atoms with Crippen molar-refractivity contribution in [1.82, 2.24) is 10.2 Å². The van der Waals surface area contributed by atoms with Gasteiger partial charge in [0.05, 0.1) is 13.0 Å². The van der Waals surface area contributed by atoms with Gasteiger partial charge in [0.25, 0.3) is 0 Å². The number of hydrogen-bond acceptors (Lipinski definition) is 5. The Kier molecular flexibility index (Phi) is 7.34. The van der Waals surface area contributed by atoms with Crippen LogP contribution < -0.4 is 5.32 Å². The van der Waals surface area contributed by atoms with Crippen LogP contribution in [0.15, 0.2) is 0 Å². The van der Waals surface area contributed by atoms with Crippen molar-refractivity contribution >= 4 is 23.8 Å². The lowest BCUT2D eigenvalue weighted by Gasteiger charge is -2.34. The van der Waals surface area contributed by atoms with Gasteiger partial charge >= 0.3 is 11.9 Å². The molecule has 1 atom stereocenters. The van der Waals surface area contributed by atoms with Crippen LogP contribution in [0.5, 0.6) is 0 Å². The first kappa shape index (κ1) is 17.9. The zero-order chi connectivity index (χ0) is 16.5. The maximum atomic E-state index is 12.1. The average molecular weight is 314 g/mol. The molecule has 0 aromatic heterocycles. The van der Waals surface area contributed by atoms with E-state index in [4.69, 9.17) is 9.84 Å². The topological polar surface area (TPSA) is 113 Å². The molecule has 8 nitrogen and oxygen atoms in total. The normalized spacial score (nSPS) is 17.8. The molecule has 0 aliphatic carbocycles. The molecule has 0 spiro atoms. The molecule has 1 saturated heterocycles. The van der Waals surface area contributed by atoms with E-state index in [0.717, 1.165) is 0 Å². The number of esters is 1. The molecule has 8 heteroatoms. The third kappa shape index (κ3) is 5.71. The number of nitrogens with one attached hydrogen (secondary N) is 1. The smallest absolute Gasteiger partial charge is 0.308 e. The van der Waals surface area contributed by atoms with Crippen LogP contribution >= 0.6 is 0 Å². The molecule has 0 aromatic rings. The molecule has 1 fully saturated rings. The molecule has 1 rings (SSSR count). The predicted molar refractivity (Wildman–Crippen MR) is 75.9 cm³/mol. The highest BCUT2D eigenvalue weighted by Gasteiger charge is 2.34. The SMILES string of the molecule is CCCOC(=O)C[C@@H]1C(=O)NCCN1C(=O)CCCC(=O)O. The zero-order valence-electron chi connectivity index (χ0n) is 12.7. The Bertz CT molecular complexity index is 437. The predicted octanol–water partition coefficient (Wildman–Crippen LogP) is -0.0884. The first-order valence-electron chi connectivity index (χ1n) is 7.40. The molecule has 1 aliphatic heterocycles. The fourth-order valence-electron chi connectivity index (χ4n) is 2.18. The van der Waals surface area contributed by atoms with Crippen LogP contribution in [0.3, 0.4) is 0 Å². The van der Waals surface area contributed by atoms with Crippen LogP contribution in [-0.4, -0.2) is 59.5 Å². The number of carboxylic acid groups (broad SMARTS) is 1. The standard InChI is InChI=1S/C14H22N2O6/c1-2-8-22-13(20)9-10-14(21)15-6-7-16(10)11(17)4-3-5-12(18)19/h10H,2-9H2,1H3,(H,15,21)(H,18,19)/t10-/m1/s1. The van der Waals surface area contributed by atoms with Gasteiger partial charge < -0.3 is 20.1 Å². The molecular weight excluding hydrogens is 292 g/mol. The molecule has 1 aliphatic rings. The Morgan fingerprint density at radius 1 is 1.36 bits per heavy atom. The summed E-state index contributed by atoms with van der Waals surface area (Å²) < 4.78 is 4.95. The maximum Gasteiger partial charge on any atom is 0.308 e. The van der Waals surface area contributed by atoms with Gasteiger partial charge in [0, 0.05) is 25.9 Å². The highest BCUT2D eigenvalue weighted by Crippen LogP contribution is 2.13. The third-order valence-electron chi connectivity index (χ3n) is 3.26. The Morgan fingerprint density at radius 2 is 2.09 bits per heavy atom. The van der Waals surface area contributed by atoms with Gasteiger partial charge in [-0.15, -0.1) is 0 Å². The van der Waals surface area contributed by atoms with Crippen LogP contribution in [0.25, 0.3) is 0 Å². The quantitative estimate of drug-likeness (QED) is 0.605. The number of piperazine rings is 1. The summed E-state index contributed by atoms with van der Waals surface area (Å²) in [5, 5.41) is 11.2. The van der Waals surface area contributed by atoms with Crippen molar-refractivity contribution in [2.75, 3.05) is 19.7 Å². The van der Waals surface area contributed by atoms with E-state index >= 15 is 0 Å². The Hall–Kier alpha value is -2.12. The molecular formula is C14H22N2O6. The van der Waals surface area contributed by atoms with Crippen LogP contribution in [-0.2, 0) is 23.9 Å². The lowest BCUT2D eigenvalue weighted by Crippen LogP contribution is -2.57. The van der Waals surface area contributed by atoms with Gasteiger partial charge in [-0.25, -0.2) is 0 Å². The van der Waals surface area contributed by atoms with E-state index in [9.17, 15) is 19.2 Å². The number of ether oxygens (including phenoxy) is 1. The number of amides is 2. The fourth-order valence-corrected chi connectivity index (χ4v) is 2.18. The largest absolute Gasteiger partial charge is 0.481 e. The van der Waals surface area contributed by atoms with E-state index in [1.807, 2.05) is 6.92 Å². The number of aliphatic carboxylic acids is 1. The highest BCUT2D eigenvalue weighted by molar-refractivity contribution is 5.92. The van der Waals surface area contributed by atoms with Gasteiger partial charge in [0.15, 0.2) is 0 Å². The van der Waals surface area contributed by atoms with E-state index in [0.29, 0.717) is 19.5 Å². The Morgan fingerprint density at radius 3 is 2.73 bits per heavy atom. The number of rotatable bonds is 8. The van der Waals surface area contributed by atoms with Crippen LogP contribution in [0.2, 0.25) is 0 Å². The highest BCUT2D eigenvalue weighted by atomic mass is 16.5. The average Bonchev–Trinajstić information content (AvgIpc) is 2.46. The zero-order valence-corrected chi connectivity index (χ0v) is 12.7. The minimum Gasteiger partial charge on any atom is -0.481 e. The number of hydrogen-bond donors (Lipinski definition) is 2. The molecule has 0 saturated carbocycles. The summed E-state index contributed by atoms with van der Waals surface area (Å²) in [5.74, 6) is -2.19. The van der Waals surface area contributed by atoms with Gasteiger partial charge in [-0.2, -0.15) is 0 Å². The summed E-state index contributed by atoms with van der Waals surface area (Å²) in [5.41, 5.74) is 0. The van der Waals surface area contributed by atoms with Crippen LogP contribution in [0, 0.1) is 0 Å². The summed E-state index contributed by atoms with van der Waals surface area (Å²) in [7, 11) is 0. The van der Waals surface area contributed by atoms with Crippen molar-refractivity contribution in [1.29, 1.82) is 0 Å². The minimum absolute atomic E-state index is 0.0418. The molecule has 0 unspecified atom stereocenters. The lowest BCUT2D eigenvalue weighted by molar-refractivity contribution is -0.152. The van der Waals surface area contributed by atoms with Gasteiger partial charge in [0.1, 0.15) is 6.04 Å². The van der Waals surface area contributed by atoms with Gasteiger partial charge in [-0.3, -0.25) is 19.2 Å². The number of carbonyl (C=O) groups is 4. The molecule has 2 N–H and O–H groups in total. The minimum atomic E-state index is -0.969. The van der Waals surface area contributed by atoms with E-state index < -0.39 is 18.0 Å². The van der Waals surface area contributed by atoms with Crippen LogP contribution in [0.1, 0.15) is 39.0 Å². The van der Waals surface area contributed by atoms with E-state index in [1.54, 1.807) is 0 Å². The third-order valence-corrected chi connectivity index (χ3v) is 3.26. The van der Waals surface area contributed by atoms with E-state index in [1.165, 1.54) is 4.90 Å². The first-order valence-corrected chi connectivity index (χ1v) is 7.40. The van der Waals surface area contributed by atoms with E-state index in [-0.39, 0.29) is 44.1 Å². The maximum absolute atomic E-state index is 12.1. The number of nitrogens with zero attached hydrogens (tertiary/aromatic N) is 1. The van der Waals surface area contributed by atoms with Crippen molar-refractivity contribution in [2.24, 2.45) is 0 Å². The van der Waals surface area contributed by atoms with Crippen molar-refractivity contribution < 1.29 is 29.0 Å². The molecule has 0 radical (unpaired) electrons. The van der Waals surface area contributed by atoms with Crippen molar-refractivity contribution in [3.63, 3.8) is 0 Å². The molecule has 124 valence electrons. The van der Waals surface area contributed by atoms with Crippen molar-refractivity contribution in [3.8, 4) is 0 Å². The van der Waals surface area contributed by atoms with Crippen molar-refractivity contribution in [3.05, 3.63) is 0 Å². The van der Waals surface area contributed by atoms with Crippen molar-refractivity contribution in [2.45, 2.75) is 45.1 Å². The summed E-state index contributed by atoms with van der Waals surface area (Å²) >= 11 is 0. The van der Waals surface area contributed by atoms with Gasteiger partial charge in [-0.05, 0) is 12.8 Å². The molecule has 1 heterocycles. The Balaban J connectivity index is 2.60.